The summed E-state index contributed by atoms with van der Waals surface area (Å²) in [6, 6.07) is 8.66. The molecule has 0 aliphatic carbocycles. The van der Waals surface area contributed by atoms with Crippen LogP contribution in [0.1, 0.15) is 30.9 Å². The van der Waals surface area contributed by atoms with Crippen LogP contribution in [0.4, 0.5) is 0 Å². The summed E-state index contributed by atoms with van der Waals surface area (Å²) in [5.74, 6) is 0. The zero-order chi connectivity index (χ0) is 12.3. The maximum atomic E-state index is 3.47. The molecule has 1 aromatic rings. The minimum Gasteiger partial charge on any atom is -0.315 e. The van der Waals surface area contributed by atoms with Crippen molar-refractivity contribution in [2.24, 2.45) is 0 Å². The second-order valence-electron chi connectivity index (χ2n) is 4.53. The predicted octanol–water partition coefficient (Wildman–Crippen LogP) is 2.52. The predicted molar refractivity (Wildman–Crippen MR) is 75.5 cm³/mol. The number of aryl methyl sites for hydroxylation is 2. The molecular formula is C15H26N2. The van der Waals surface area contributed by atoms with Crippen LogP contribution in [0.5, 0.6) is 0 Å². The third-order valence-electron chi connectivity index (χ3n) is 2.97. The van der Waals surface area contributed by atoms with Crippen LogP contribution in [0.2, 0.25) is 0 Å². The van der Waals surface area contributed by atoms with Gasteiger partial charge >= 0.3 is 0 Å². The molecule has 1 rings (SSSR count). The average molecular weight is 234 g/mol. The zero-order valence-corrected chi connectivity index (χ0v) is 11.3. The minimum atomic E-state index is 1.08. The maximum absolute atomic E-state index is 3.47. The van der Waals surface area contributed by atoms with Gasteiger partial charge in [0.2, 0.25) is 0 Å². The summed E-state index contributed by atoms with van der Waals surface area (Å²) in [5.41, 5.74) is 2.90. The van der Waals surface area contributed by atoms with Gasteiger partial charge < -0.3 is 10.6 Å². The molecular weight excluding hydrogens is 208 g/mol. The second kappa shape index (κ2) is 9.20. The van der Waals surface area contributed by atoms with Crippen LogP contribution >= 0.6 is 0 Å². The Bertz CT molecular complexity index is 297. The average Bonchev–Trinajstić information content (AvgIpc) is 2.35. The van der Waals surface area contributed by atoms with E-state index < -0.39 is 0 Å². The van der Waals surface area contributed by atoms with Gasteiger partial charge in [-0.3, -0.25) is 0 Å². The molecule has 0 spiro atoms. The largest absolute Gasteiger partial charge is 0.315 e. The highest BCUT2D eigenvalue weighted by molar-refractivity contribution is 5.25. The molecule has 17 heavy (non-hydrogen) atoms. The Balaban J connectivity index is 1.99. The lowest BCUT2D eigenvalue weighted by atomic mass is 10.0. The van der Waals surface area contributed by atoms with Crippen LogP contribution in [0.15, 0.2) is 24.3 Å². The molecule has 0 bridgehead atoms. The van der Waals surface area contributed by atoms with E-state index in [1.54, 1.807) is 0 Å². The van der Waals surface area contributed by atoms with Crippen molar-refractivity contribution >= 4 is 0 Å². The van der Waals surface area contributed by atoms with Crippen molar-refractivity contribution in [1.82, 2.24) is 10.6 Å². The molecule has 1 aromatic carbocycles. The molecule has 0 saturated heterocycles. The topological polar surface area (TPSA) is 24.1 Å². The summed E-state index contributed by atoms with van der Waals surface area (Å²) >= 11 is 0. The van der Waals surface area contributed by atoms with Crippen LogP contribution in [0, 0.1) is 6.92 Å². The number of benzene rings is 1. The van der Waals surface area contributed by atoms with Crippen LogP contribution in [0.3, 0.4) is 0 Å². The summed E-state index contributed by atoms with van der Waals surface area (Å²) in [5, 5.41) is 6.86. The van der Waals surface area contributed by atoms with Crippen LogP contribution in [0.25, 0.3) is 0 Å². The highest BCUT2D eigenvalue weighted by Crippen LogP contribution is 2.08. The summed E-state index contributed by atoms with van der Waals surface area (Å²) in [6.07, 6.45) is 3.62. The van der Waals surface area contributed by atoms with Crippen molar-refractivity contribution < 1.29 is 0 Å². The molecule has 0 saturated carbocycles. The highest BCUT2D eigenvalue weighted by atomic mass is 14.9. The van der Waals surface area contributed by atoms with Crippen molar-refractivity contribution in [3.05, 3.63) is 35.4 Å². The Morgan fingerprint density at radius 2 is 1.65 bits per heavy atom. The Kier molecular flexibility index (Phi) is 7.69. The molecule has 0 aromatic heterocycles. The van der Waals surface area contributed by atoms with Gasteiger partial charge in [-0.1, -0.05) is 31.2 Å². The van der Waals surface area contributed by atoms with Crippen molar-refractivity contribution in [1.29, 1.82) is 0 Å². The van der Waals surface area contributed by atoms with E-state index in [1.165, 1.54) is 30.4 Å². The number of rotatable bonds is 9. The molecule has 0 heterocycles. The van der Waals surface area contributed by atoms with Crippen LogP contribution in [-0.4, -0.2) is 26.2 Å². The van der Waals surface area contributed by atoms with E-state index in [2.05, 4.69) is 48.7 Å². The van der Waals surface area contributed by atoms with E-state index in [9.17, 15) is 0 Å². The van der Waals surface area contributed by atoms with Gasteiger partial charge in [-0.25, -0.2) is 0 Å². The summed E-state index contributed by atoms with van der Waals surface area (Å²) in [6.45, 7) is 8.79. The van der Waals surface area contributed by atoms with E-state index in [0.29, 0.717) is 0 Å². The molecule has 0 fully saturated rings. The first kappa shape index (κ1) is 14.2. The molecule has 2 heteroatoms. The fourth-order valence-electron chi connectivity index (χ4n) is 1.90. The Morgan fingerprint density at radius 1 is 0.941 bits per heavy atom. The molecule has 0 atom stereocenters. The zero-order valence-electron chi connectivity index (χ0n) is 11.3. The first-order chi connectivity index (χ1) is 8.34. The Hall–Kier alpha value is -0.860. The highest BCUT2D eigenvalue weighted by Gasteiger charge is 1.96. The molecule has 0 unspecified atom stereocenters. The van der Waals surface area contributed by atoms with Crippen molar-refractivity contribution in [3.8, 4) is 0 Å². The quantitative estimate of drug-likeness (QED) is 0.642. The SMILES string of the molecule is CCCNCCNCCCc1ccccc1C. The summed E-state index contributed by atoms with van der Waals surface area (Å²) in [7, 11) is 0. The minimum absolute atomic E-state index is 1.08. The van der Waals surface area contributed by atoms with Gasteiger partial charge in [0.05, 0.1) is 0 Å². The van der Waals surface area contributed by atoms with E-state index in [-0.39, 0.29) is 0 Å². The lowest BCUT2D eigenvalue weighted by Gasteiger charge is -2.07. The van der Waals surface area contributed by atoms with Gasteiger partial charge in [0.25, 0.3) is 0 Å². The monoisotopic (exact) mass is 234 g/mol. The lowest BCUT2D eigenvalue weighted by Crippen LogP contribution is -2.28. The Labute approximate surface area is 106 Å². The summed E-state index contributed by atoms with van der Waals surface area (Å²) in [4.78, 5) is 0. The third-order valence-corrected chi connectivity index (χ3v) is 2.97. The van der Waals surface area contributed by atoms with Crippen molar-refractivity contribution in [2.45, 2.75) is 33.1 Å². The molecule has 96 valence electrons. The first-order valence-electron chi connectivity index (χ1n) is 6.80. The molecule has 0 amide bonds. The van der Waals surface area contributed by atoms with Gasteiger partial charge in [0, 0.05) is 13.1 Å². The Morgan fingerprint density at radius 3 is 2.35 bits per heavy atom. The van der Waals surface area contributed by atoms with Gasteiger partial charge in [-0.2, -0.15) is 0 Å². The molecule has 0 aliphatic rings. The van der Waals surface area contributed by atoms with Crippen molar-refractivity contribution in [3.63, 3.8) is 0 Å². The summed E-state index contributed by atoms with van der Waals surface area (Å²) < 4.78 is 0. The third kappa shape index (κ3) is 6.44. The standard InChI is InChI=1S/C15H26N2/c1-3-10-16-12-13-17-11-6-9-15-8-5-4-7-14(15)2/h4-5,7-8,16-17H,3,6,9-13H2,1-2H3. The lowest BCUT2D eigenvalue weighted by molar-refractivity contribution is 0.593. The number of hydrogen-bond acceptors (Lipinski definition) is 2. The van der Waals surface area contributed by atoms with E-state index >= 15 is 0 Å². The molecule has 2 nitrogen and oxygen atoms in total. The van der Waals surface area contributed by atoms with E-state index in [0.717, 1.165) is 26.2 Å². The second-order valence-corrected chi connectivity index (χ2v) is 4.53. The van der Waals surface area contributed by atoms with E-state index in [1.807, 2.05) is 0 Å². The van der Waals surface area contributed by atoms with Gasteiger partial charge in [-0.05, 0) is 50.4 Å². The smallest absolute Gasteiger partial charge is 0.00767 e. The van der Waals surface area contributed by atoms with Gasteiger partial charge in [0.15, 0.2) is 0 Å². The fourth-order valence-corrected chi connectivity index (χ4v) is 1.90. The molecule has 0 aliphatic heterocycles. The molecule has 0 radical (unpaired) electrons. The number of nitrogens with one attached hydrogen (secondary N) is 2. The van der Waals surface area contributed by atoms with E-state index in [4.69, 9.17) is 0 Å². The van der Waals surface area contributed by atoms with Gasteiger partial charge in [-0.15, -0.1) is 0 Å². The van der Waals surface area contributed by atoms with Crippen LogP contribution < -0.4 is 10.6 Å². The van der Waals surface area contributed by atoms with Crippen LogP contribution in [-0.2, 0) is 6.42 Å². The normalized spacial score (nSPS) is 10.7. The molecule has 2 N–H and O–H groups in total. The fraction of sp³-hybridized carbons (Fsp3) is 0.600. The number of hydrogen-bond donors (Lipinski definition) is 2. The van der Waals surface area contributed by atoms with Crippen molar-refractivity contribution in [2.75, 3.05) is 26.2 Å². The van der Waals surface area contributed by atoms with Gasteiger partial charge in [0.1, 0.15) is 0 Å². The maximum Gasteiger partial charge on any atom is 0.00767 e. The first-order valence-corrected chi connectivity index (χ1v) is 6.80.